The van der Waals surface area contributed by atoms with Crippen molar-refractivity contribution < 1.29 is 9.66 Å². The molecule has 0 spiro atoms. The van der Waals surface area contributed by atoms with Crippen LogP contribution in [-0.2, 0) is 6.54 Å². The van der Waals surface area contributed by atoms with Crippen LogP contribution in [0.2, 0.25) is 0 Å². The Labute approximate surface area is 137 Å². The summed E-state index contributed by atoms with van der Waals surface area (Å²) in [6.07, 6.45) is 3.23. The van der Waals surface area contributed by atoms with Gasteiger partial charge in [0.1, 0.15) is 12.7 Å². The van der Waals surface area contributed by atoms with Gasteiger partial charge in [-0.3, -0.25) is 14.7 Å². The summed E-state index contributed by atoms with van der Waals surface area (Å²) in [4.78, 5) is 10.6. The second-order valence-electron chi connectivity index (χ2n) is 5.04. The summed E-state index contributed by atoms with van der Waals surface area (Å²) in [6, 6.07) is 12.6. The van der Waals surface area contributed by atoms with Crippen molar-refractivity contribution in [1.82, 2.24) is 14.8 Å². The molecule has 0 radical (unpaired) electrons. The summed E-state index contributed by atoms with van der Waals surface area (Å²) < 4.78 is 6.80. The first kappa shape index (κ1) is 15.5. The maximum absolute atomic E-state index is 11.1. The minimum absolute atomic E-state index is 0.0463. The first-order valence-electron chi connectivity index (χ1n) is 7.17. The Hall–Kier alpha value is -3.42. The van der Waals surface area contributed by atoms with Gasteiger partial charge in [0.15, 0.2) is 5.75 Å². The topological polar surface area (TPSA) is 95.1 Å². The lowest BCUT2D eigenvalue weighted by molar-refractivity contribution is -0.385. The van der Waals surface area contributed by atoms with Crippen LogP contribution in [0.5, 0.6) is 5.75 Å². The molecule has 8 nitrogen and oxygen atoms in total. The first-order valence-corrected chi connectivity index (χ1v) is 7.17. The fourth-order valence-electron chi connectivity index (χ4n) is 2.30. The third kappa shape index (κ3) is 3.32. The smallest absolute Gasteiger partial charge is 0.311 e. The molecule has 0 fully saturated rings. The Bertz CT molecular complexity index is 849. The van der Waals surface area contributed by atoms with E-state index in [0.29, 0.717) is 6.54 Å². The highest BCUT2D eigenvalue weighted by Crippen LogP contribution is 2.27. The van der Waals surface area contributed by atoms with E-state index in [9.17, 15) is 10.1 Å². The molecule has 1 heterocycles. The van der Waals surface area contributed by atoms with Gasteiger partial charge in [-0.05, 0) is 29.8 Å². The zero-order chi connectivity index (χ0) is 16.9. The Morgan fingerprint density at radius 3 is 2.71 bits per heavy atom. The number of anilines is 1. The van der Waals surface area contributed by atoms with E-state index in [1.807, 2.05) is 24.3 Å². The van der Waals surface area contributed by atoms with Gasteiger partial charge in [-0.25, -0.2) is 0 Å². The third-order valence-electron chi connectivity index (χ3n) is 3.50. The largest absolute Gasteiger partial charge is 0.490 e. The number of nitro benzene ring substituents is 1. The average Bonchev–Trinajstić information content (AvgIpc) is 3.14. The van der Waals surface area contributed by atoms with Gasteiger partial charge in [0.05, 0.1) is 17.7 Å². The van der Waals surface area contributed by atoms with Gasteiger partial charge in [0.2, 0.25) is 0 Å². The lowest BCUT2D eigenvalue weighted by Gasteiger charge is -2.09. The van der Waals surface area contributed by atoms with Crippen LogP contribution in [-0.4, -0.2) is 26.8 Å². The summed E-state index contributed by atoms with van der Waals surface area (Å²) in [5.41, 5.74) is 2.55. The average molecular weight is 325 g/mol. The number of rotatable bonds is 6. The van der Waals surface area contributed by atoms with Crippen molar-refractivity contribution in [2.45, 2.75) is 6.54 Å². The summed E-state index contributed by atoms with van der Waals surface area (Å²) in [5.74, 6) is 0.248. The number of hydrogen-bond acceptors (Lipinski definition) is 6. The monoisotopic (exact) mass is 325 g/mol. The summed E-state index contributed by atoms with van der Waals surface area (Å²) in [6.45, 7) is 0.455. The van der Waals surface area contributed by atoms with Crippen LogP contribution in [0.3, 0.4) is 0 Å². The summed E-state index contributed by atoms with van der Waals surface area (Å²) >= 11 is 0. The maximum atomic E-state index is 11.1. The third-order valence-corrected chi connectivity index (χ3v) is 3.50. The van der Waals surface area contributed by atoms with Crippen molar-refractivity contribution in [1.29, 1.82) is 0 Å². The zero-order valence-corrected chi connectivity index (χ0v) is 12.9. The van der Waals surface area contributed by atoms with Crippen LogP contribution in [0, 0.1) is 10.1 Å². The van der Waals surface area contributed by atoms with E-state index in [0.717, 1.165) is 16.9 Å². The number of ether oxygens (including phenoxy) is 1. The predicted octanol–water partition coefficient (Wildman–Crippen LogP) is 2.80. The van der Waals surface area contributed by atoms with E-state index < -0.39 is 4.92 Å². The molecule has 122 valence electrons. The number of nitrogens with zero attached hydrogens (tertiary/aromatic N) is 4. The SMILES string of the molecule is COc1ccc(CNc2cccc(-n3cnnc3)c2)cc1[N+](=O)[O-]. The minimum atomic E-state index is -0.449. The van der Waals surface area contributed by atoms with Crippen LogP contribution in [0.4, 0.5) is 11.4 Å². The Morgan fingerprint density at radius 2 is 2.00 bits per heavy atom. The Morgan fingerprint density at radius 1 is 1.21 bits per heavy atom. The van der Waals surface area contributed by atoms with Gasteiger partial charge < -0.3 is 10.1 Å². The zero-order valence-electron chi connectivity index (χ0n) is 12.9. The van der Waals surface area contributed by atoms with E-state index in [1.54, 1.807) is 29.4 Å². The van der Waals surface area contributed by atoms with Crippen LogP contribution in [0.15, 0.2) is 55.1 Å². The van der Waals surface area contributed by atoms with Gasteiger partial charge in [-0.15, -0.1) is 10.2 Å². The van der Waals surface area contributed by atoms with Crippen molar-refractivity contribution >= 4 is 11.4 Å². The van der Waals surface area contributed by atoms with Crippen molar-refractivity contribution in [3.05, 3.63) is 70.8 Å². The summed E-state index contributed by atoms with van der Waals surface area (Å²) in [5, 5.41) is 21.9. The predicted molar refractivity (Wildman–Crippen MR) is 88.3 cm³/mol. The molecule has 0 saturated heterocycles. The molecule has 0 aliphatic carbocycles. The fraction of sp³-hybridized carbons (Fsp3) is 0.125. The van der Waals surface area contributed by atoms with E-state index >= 15 is 0 Å². The molecule has 0 aliphatic rings. The molecule has 0 unspecified atom stereocenters. The van der Waals surface area contributed by atoms with Gasteiger partial charge in [-0.2, -0.15) is 0 Å². The summed E-state index contributed by atoms with van der Waals surface area (Å²) in [7, 11) is 1.41. The van der Waals surface area contributed by atoms with Gasteiger partial charge in [0, 0.05) is 18.3 Å². The Balaban J connectivity index is 1.75. The number of nitro groups is 1. The molecule has 0 amide bonds. The van der Waals surface area contributed by atoms with Gasteiger partial charge in [0.25, 0.3) is 0 Å². The van der Waals surface area contributed by atoms with E-state index in [4.69, 9.17) is 4.74 Å². The molecule has 0 saturated carbocycles. The molecule has 8 heteroatoms. The highest BCUT2D eigenvalue weighted by Gasteiger charge is 2.14. The molecule has 0 atom stereocenters. The second kappa shape index (κ2) is 6.78. The maximum Gasteiger partial charge on any atom is 0.311 e. The highest BCUT2D eigenvalue weighted by molar-refractivity contribution is 5.53. The van der Waals surface area contributed by atoms with Crippen molar-refractivity contribution in [2.24, 2.45) is 0 Å². The van der Waals surface area contributed by atoms with E-state index in [2.05, 4.69) is 15.5 Å². The Kier molecular flexibility index (Phi) is 4.37. The van der Waals surface area contributed by atoms with E-state index in [1.165, 1.54) is 13.2 Å². The lowest BCUT2D eigenvalue weighted by Crippen LogP contribution is -2.02. The molecule has 0 bridgehead atoms. The fourth-order valence-corrected chi connectivity index (χ4v) is 2.30. The minimum Gasteiger partial charge on any atom is -0.490 e. The molecule has 3 aromatic rings. The molecule has 0 aliphatic heterocycles. The number of aromatic nitrogens is 3. The number of hydrogen-bond donors (Lipinski definition) is 1. The lowest BCUT2D eigenvalue weighted by atomic mass is 10.1. The molecule has 2 aromatic carbocycles. The first-order chi connectivity index (χ1) is 11.7. The standard InChI is InChI=1S/C16H15N5O3/c1-24-16-6-5-12(7-15(16)21(22)23)9-17-13-3-2-4-14(8-13)20-10-18-19-11-20/h2-8,10-11,17H,9H2,1H3. The molecule has 3 rings (SSSR count). The number of nitrogens with one attached hydrogen (secondary N) is 1. The van der Waals surface area contributed by atoms with Crippen LogP contribution in [0.25, 0.3) is 5.69 Å². The van der Waals surface area contributed by atoms with Crippen molar-refractivity contribution in [3.8, 4) is 11.4 Å². The highest BCUT2D eigenvalue weighted by atomic mass is 16.6. The number of benzene rings is 2. The molecular weight excluding hydrogens is 310 g/mol. The van der Waals surface area contributed by atoms with Crippen LogP contribution < -0.4 is 10.1 Å². The van der Waals surface area contributed by atoms with Gasteiger partial charge >= 0.3 is 5.69 Å². The van der Waals surface area contributed by atoms with Gasteiger partial charge in [-0.1, -0.05) is 12.1 Å². The quantitative estimate of drug-likeness (QED) is 0.553. The molecule has 1 aromatic heterocycles. The second-order valence-corrected chi connectivity index (χ2v) is 5.04. The van der Waals surface area contributed by atoms with E-state index in [-0.39, 0.29) is 11.4 Å². The van der Waals surface area contributed by atoms with Crippen molar-refractivity contribution in [2.75, 3.05) is 12.4 Å². The van der Waals surface area contributed by atoms with Crippen LogP contribution >= 0.6 is 0 Å². The van der Waals surface area contributed by atoms with Crippen LogP contribution in [0.1, 0.15) is 5.56 Å². The van der Waals surface area contributed by atoms with Crippen molar-refractivity contribution in [3.63, 3.8) is 0 Å². The molecule has 24 heavy (non-hydrogen) atoms. The molecular formula is C16H15N5O3. The number of methoxy groups -OCH3 is 1. The normalized spacial score (nSPS) is 10.4. The molecule has 1 N–H and O–H groups in total.